The molecule has 35 heavy (non-hydrogen) atoms. The van der Waals surface area contributed by atoms with Gasteiger partial charge in [-0.3, -0.25) is 0 Å². The maximum Gasteiger partial charge on any atom is 0.110 e. The number of hydrogen-bond acceptors (Lipinski definition) is 4. The molecule has 2 heterocycles. The number of allylic oxidation sites excluding steroid dienone is 6. The maximum atomic E-state index is 11.3. The summed E-state index contributed by atoms with van der Waals surface area (Å²) in [6.45, 7) is 19.3. The summed E-state index contributed by atoms with van der Waals surface area (Å²) in [5, 5.41) is 22.6. The van der Waals surface area contributed by atoms with Crippen LogP contribution in [0.25, 0.3) is 0 Å². The van der Waals surface area contributed by atoms with Crippen molar-refractivity contribution in [2.75, 3.05) is 11.9 Å². The van der Waals surface area contributed by atoms with Crippen molar-refractivity contribution in [3.05, 3.63) is 76.4 Å². The van der Waals surface area contributed by atoms with Crippen LogP contribution in [-0.4, -0.2) is 29.5 Å². The zero-order valence-electron chi connectivity index (χ0n) is 23.1. The topological polar surface area (TPSA) is 52.9 Å². The number of fused-ring (bicyclic) bond motifs is 1. The highest BCUT2D eigenvalue weighted by Gasteiger charge is 2.51. The van der Waals surface area contributed by atoms with Crippen molar-refractivity contribution in [3.8, 4) is 0 Å². The summed E-state index contributed by atoms with van der Waals surface area (Å²) in [5.41, 5.74) is 5.15. The summed E-state index contributed by atoms with van der Waals surface area (Å²) < 4.78 is 6.30. The summed E-state index contributed by atoms with van der Waals surface area (Å²) in [5.74, 6) is 1.21. The summed E-state index contributed by atoms with van der Waals surface area (Å²) in [6, 6.07) is 8.43. The molecule has 2 N–H and O–H groups in total. The van der Waals surface area contributed by atoms with Crippen LogP contribution in [0.4, 0.5) is 5.69 Å². The number of likely N-dealkylation sites (N-methyl/N-ethyl adjacent to an activating group) is 1. The van der Waals surface area contributed by atoms with Crippen molar-refractivity contribution in [2.45, 2.75) is 79.9 Å². The van der Waals surface area contributed by atoms with Crippen LogP contribution in [0.15, 0.2) is 70.9 Å². The van der Waals surface area contributed by atoms with Gasteiger partial charge in [0.1, 0.15) is 11.5 Å². The number of anilines is 1. The average molecular weight is 478 g/mol. The molecule has 1 aromatic rings. The van der Waals surface area contributed by atoms with Gasteiger partial charge in [0.05, 0.1) is 12.2 Å². The van der Waals surface area contributed by atoms with Crippen LogP contribution in [0, 0.1) is 22.7 Å². The van der Waals surface area contributed by atoms with E-state index in [1.165, 1.54) is 11.3 Å². The Morgan fingerprint density at radius 2 is 1.46 bits per heavy atom. The average Bonchev–Trinajstić information content (AvgIpc) is 2.96. The van der Waals surface area contributed by atoms with Gasteiger partial charge in [0.25, 0.3) is 0 Å². The van der Waals surface area contributed by atoms with Gasteiger partial charge in [-0.1, -0.05) is 85.2 Å². The van der Waals surface area contributed by atoms with Gasteiger partial charge in [0.15, 0.2) is 0 Å². The fourth-order valence-corrected chi connectivity index (χ4v) is 5.59. The fraction of sp³-hybridized carbons (Fsp3) is 0.548. The Kier molecular flexibility index (Phi) is 6.18. The van der Waals surface area contributed by atoms with E-state index in [2.05, 4.69) is 110 Å². The summed E-state index contributed by atoms with van der Waals surface area (Å²) in [7, 11) is 2.07. The highest BCUT2D eigenvalue weighted by Crippen LogP contribution is 2.50. The predicted molar refractivity (Wildman–Crippen MR) is 144 cm³/mol. The number of ether oxygens (including phenoxy) is 1. The second-order valence-electron chi connectivity index (χ2n) is 13.1. The Hall–Kier alpha value is -2.30. The number of benzene rings is 1. The van der Waals surface area contributed by atoms with Gasteiger partial charge in [-0.15, -0.1) is 0 Å². The van der Waals surface area contributed by atoms with Crippen LogP contribution in [0.5, 0.6) is 0 Å². The number of hydrogen-bond donors (Lipinski definition) is 2. The van der Waals surface area contributed by atoms with Crippen LogP contribution >= 0.6 is 0 Å². The molecule has 190 valence electrons. The van der Waals surface area contributed by atoms with Gasteiger partial charge in [-0.25, -0.2) is 0 Å². The van der Waals surface area contributed by atoms with Crippen LogP contribution in [0.3, 0.4) is 0 Å². The monoisotopic (exact) mass is 477 g/mol. The third kappa shape index (κ3) is 4.29. The van der Waals surface area contributed by atoms with Crippen molar-refractivity contribution < 1.29 is 14.9 Å². The first-order valence-corrected chi connectivity index (χ1v) is 12.8. The number of rotatable bonds is 2. The molecule has 0 radical (unpaired) electrons. The van der Waals surface area contributed by atoms with E-state index >= 15 is 0 Å². The Labute approximate surface area is 211 Å². The normalized spacial score (nSPS) is 29.3. The second-order valence-corrected chi connectivity index (χ2v) is 13.1. The molecule has 0 aromatic heterocycles. The molecule has 1 aliphatic carbocycles. The Balaban J connectivity index is 1.67. The molecule has 1 fully saturated rings. The van der Waals surface area contributed by atoms with Gasteiger partial charge >= 0.3 is 0 Å². The lowest BCUT2D eigenvalue weighted by molar-refractivity contribution is -0.115. The molecule has 4 nitrogen and oxygen atoms in total. The van der Waals surface area contributed by atoms with Gasteiger partial charge in [0, 0.05) is 46.5 Å². The largest absolute Gasteiger partial charge is 0.465 e. The first kappa shape index (κ1) is 25.8. The van der Waals surface area contributed by atoms with Crippen molar-refractivity contribution >= 4 is 5.69 Å². The molecule has 2 unspecified atom stereocenters. The van der Waals surface area contributed by atoms with Crippen LogP contribution in [0.1, 0.15) is 67.9 Å². The van der Waals surface area contributed by atoms with E-state index < -0.39 is 12.2 Å². The molecule has 0 bridgehead atoms. The van der Waals surface area contributed by atoms with Crippen molar-refractivity contribution in [3.63, 3.8) is 0 Å². The summed E-state index contributed by atoms with van der Waals surface area (Å²) in [4.78, 5) is 2.20. The lowest BCUT2D eigenvalue weighted by Gasteiger charge is -2.47. The number of nitrogens with zero attached hydrogens (tertiary/aromatic N) is 1. The first-order valence-electron chi connectivity index (χ1n) is 12.8. The van der Waals surface area contributed by atoms with E-state index in [1.807, 2.05) is 6.92 Å². The third-order valence-corrected chi connectivity index (χ3v) is 8.04. The van der Waals surface area contributed by atoms with E-state index in [4.69, 9.17) is 4.74 Å². The molecule has 0 spiro atoms. The lowest BCUT2D eigenvalue weighted by atomic mass is 9.64. The van der Waals surface area contributed by atoms with E-state index in [9.17, 15) is 10.2 Å². The van der Waals surface area contributed by atoms with E-state index in [0.717, 1.165) is 28.4 Å². The summed E-state index contributed by atoms with van der Waals surface area (Å²) >= 11 is 0. The minimum absolute atomic E-state index is 0.145. The Bertz CT molecular complexity index is 1090. The number of aliphatic hydroxyl groups excluding tert-OH is 2. The van der Waals surface area contributed by atoms with E-state index in [0.29, 0.717) is 0 Å². The van der Waals surface area contributed by atoms with Crippen molar-refractivity contribution in [2.24, 2.45) is 22.7 Å². The molecule has 0 amide bonds. The summed E-state index contributed by atoms with van der Waals surface area (Å²) in [6.07, 6.45) is 4.98. The highest BCUT2D eigenvalue weighted by molar-refractivity contribution is 5.69. The van der Waals surface area contributed by atoms with E-state index in [1.54, 1.807) is 0 Å². The second kappa shape index (κ2) is 8.38. The highest BCUT2D eigenvalue weighted by atomic mass is 16.5. The standard InChI is InChI=1S/C31H43NO3/c1-18(19-15-24(29(2,3)4)35-25(16-19)30(5,6)7)26-27(33)20(28(26)34)17-23-31(8,9)21-13-11-12-14-22(21)32(23)10/h11-17,20,26-28,33-34H,1-10H3. The van der Waals surface area contributed by atoms with Gasteiger partial charge in [-0.2, -0.15) is 0 Å². The number of para-hydroxylation sites is 1. The molecule has 4 rings (SSSR count). The SMILES string of the molecule is CC(=C1C=C(C(C)(C)C)OC(C(C)(C)C)=C1)C1C(O)C(C=C2N(C)c3ccccc3C2(C)C)C1O. The zero-order chi connectivity index (χ0) is 26.1. The fourth-order valence-electron chi connectivity index (χ4n) is 5.59. The maximum absolute atomic E-state index is 11.3. The predicted octanol–water partition coefficient (Wildman–Crippen LogP) is 6.47. The van der Waals surface area contributed by atoms with Crippen LogP contribution in [-0.2, 0) is 10.2 Å². The molecular weight excluding hydrogens is 434 g/mol. The molecule has 2 atom stereocenters. The van der Waals surface area contributed by atoms with Crippen LogP contribution in [0.2, 0.25) is 0 Å². The zero-order valence-corrected chi connectivity index (χ0v) is 23.1. The lowest BCUT2D eigenvalue weighted by Crippen LogP contribution is -2.55. The van der Waals surface area contributed by atoms with Crippen molar-refractivity contribution in [1.29, 1.82) is 0 Å². The third-order valence-electron chi connectivity index (χ3n) is 8.04. The minimum atomic E-state index is -0.640. The van der Waals surface area contributed by atoms with E-state index in [-0.39, 0.29) is 28.1 Å². The Morgan fingerprint density at radius 1 is 0.943 bits per heavy atom. The molecular formula is C31H43NO3. The van der Waals surface area contributed by atoms with Crippen LogP contribution < -0.4 is 4.90 Å². The molecule has 4 heteroatoms. The Morgan fingerprint density at radius 3 is 1.94 bits per heavy atom. The van der Waals surface area contributed by atoms with Crippen molar-refractivity contribution in [1.82, 2.24) is 0 Å². The first-order chi connectivity index (χ1) is 16.0. The smallest absolute Gasteiger partial charge is 0.110 e. The molecule has 1 saturated carbocycles. The van der Waals surface area contributed by atoms with Gasteiger partial charge < -0.3 is 19.8 Å². The van der Waals surface area contributed by atoms with Gasteiger partial charge in [0.2, 0.25) is 0 Å². The minimum Gasteiger partial charge on any atom is -0.465 e. The molecule has 2 aliphatic heterocycles. The number of aliphatic hydroxyl groups is 2. The quantitative estimate of drug-likeness (QED) is 0.512. The molecule has 3 aliphatic rings. The molecule has 1 aromatic carbocycles. The molecule has 0 saturated heterocycles. The van der Waals surface area contributed by atoms with Gasteiger partial charge in [-0.05, 0) is 36.3 Å².